The molecule has 35 heavy (non-hydrogen) atoms. The number of ether oxygens (including phenoxy) is 3. The molecule has 1 aliphatic rings. The summed E-state index contributed by atoms with van der Waals surface area (Å²) in [4.78, 5) is 11.8. The first-order valence-corrected chi connectivity index (χ1v) is 14.3. The number of rotatable bonds is 19. The lowest BCUT2D eigenvalue weighted by atomic mass is 10.00. The van der Waals surface area contributed by atoms with Gasteiger partial charge in [0.2, 0.25) is 0 Å². The van der Waals surface area contributed by atoms with Crippen LogP contribution in [0.3, 0.4) is 0 Å². The topological polar surface area (TPSA) is 180 Å². The Bertz CT molecular complexity index is 672. The molecule has 1 aliphatic heterocycles. The van der Waals surface area contributed by atoms with Crippen LogP contribution in [0.2, 0.25) is 0 Å². The molecule has 0 amide bonds. The van der Waals surface area contributed by atoms with E-state index in [0.717, 1.165) is 19.3 Å². The average molecular weight is 529 g/mol. The molecule has 0 radical (unpaired) electrons. The van der Waals surface area contributed by atoms with Crippen LogP contribution in [0.5, 0.6) is 0 Å². The van der Waals surface area contributed by atoms with Gasteiger partial charge in [-0.3, -0.25) is 9.35 Å². The molecule has 208 valence electrons. The monoisotopic (exact) mass is 528 g/mol. The molecule has 1 saturated heterocycles. The summed E-state index contributed by atoms with van der Waals surface area (Å²) in [6.07, 6.45) is 3.43. The summed E-state index contributed by atoms with van der Waals surface area (Å²) in [5.74, 6) is -1.46. The Labute approximate surface area is 208 Å². The van der Waals surface area contributed by atoms with Crippen molar-refractivity contribution in [2.45, 2.75) is 121 Å². The number of hydrogen-bond donors (Lipinski definition) is 5. The molecule has 0 aromatic heterocycles. The van der Waals surface area contributed by atoms with Crippen LogP contribution in [-0.2, 0) is 29.1 Å². The molecule has 0 saturated carbocycles. The predicted molar refractivity (Wildman–Crippen MR) is 127 cm³/mol. The van der Waals surface area contributed by atoms with Gasteiger partial charge in [0, 0.05) is 6.42 Å². The van der Waals surface area contributed by atoms with Gasteiger partial charge in [-0.25, -0.2) is 0 Å². The number of esters is 1. The first-order valence-electron chi connectivity index (χ1n) is 12.6. The zero-order valence-electron chi connectivity index (χ0n) is 20.7. The molecule has 1 fully saturated rings. The second-order valence-electron chi connectivity index (χ2n) is 9.22. The summed E-state index contributed by atoms with van der Waals surface area (Å²) in [5.41, 5.74) is 0. The molecule has 0 spiro atoms. The van der Waals surface area contributed by atoms with E-state index in [0.29, 0.717) is 6.42 Å². The molecule has 5 N–H and O–H groups in total. The summed E-state index contributed by atoms with van der Waals surface area (Å²) in [7, 11) is -4.53. The lowest BCUT2D eigenvalue weighted by Gasteiger charge is -2.40. The van der Waals surface area contributed by atoms with Gasteiger partial charge in [0.15, 0.2) is 6.29 Å². The number of hydrogen-bond acceptors (Lipinski definition) is 10. The maximum atomic E-state index is 11.8. The third-order valence-corrected chi connectivity index (χ3v) is 6.67. The number of aliphatic hydroxyl groups is 4. The summed E-state index contributed by atoms with van der Waals surface area (Å²) in [5, 5.41) is 39.6. The van der Waals surface area contributed by atoms with Gasteiger partial charge in [0.25, 0.3) is 10.1 Å². The maximum absolute atomic E-state index is 11.8. The van der Waals surface area contributed by atoms with Crippen molar-refractivity contribution < 1.29 is 52.4 Å². The molecule has 1 rings (SSSR count). The van der Waals surface area contributed by atoms with Crippen LogP contribution < -0.4 is 0 Å². The number of carbonyl (C=O) groups is 1. The first-order chi connectivity index (χ1) is 16.5. The van der Waals surface area contributed by atoms with Crippen molar-refractivity contribution in [1.82, 2.24) is 0 Å². The summed E-state index contributed by atoms with van der Waals surface area (Å²) >= 11 is 0. The second-order valence-corrected chi connectivity index (χ2v) is 10.7. The van der Waals surface area contributed by atoms with Crippen molar-refractivity contribution in [3.63, 3.8) is 0 Å². The average Bonchev–Trinajstić information content (AvgIpc) is 2.80. The molecule has 4 unspecified atom stereocenters. The van der Waals surface area contributed by atoms with Gasteiger partial charge in [0.1, 0.15) is 42.9 Å². The van der Waals surface area contributed by atoms with E-state index < -0.39 is 65.3 Å². The van der Waals surface area contributed by atoms with E-state index in [9.17, 15) is 33.6 Å². The maximum Gasteiger partial charge on any atom is 0.305 e. The van der Waals surface area contributed by atoms with Crippen molar-refractivity contribution >= 4 is 16.1 Å². The highest BCUT2D eigenvalue weighted by Gasteiger charge is 2.45. The Morgan fingerprint density at radius 3 is 1.94 bits per heavy atom. The number of carbonyl (C=O) groups excluding carboxylic acids is 1. The highest BCUT2D eigenvalue weighted by molar-refractivity contribution is 7.85. The van der Waals surface area contributed by atoms with Crippen LogP contribution in [0.15, 0.2) is 0 Å². The fraction of sp³-hybridized carbons (Fsp3) is 0.957. The van der Waals surface area contributed by atoms with E-state index >= 15 is 0 Å². The van der Waals surface area contributed by atoms with Gasteiger partial charge < -0.3 is 34.6 Å². The normalized spacial score (nSPS) is 25.9. The Balaban J connectivity index is 2.15. The first kappa shape index (κ1) is 32.2. The fourth-order valence-electron chi connectivity index (χ4n) is 3.85. The molecular formula is C23H44O11S. The molecular weight excluding hydrogens is 484 g/mol. The lowest BCUT2D eigenvalue weighted by molar-refractivity contribution is -0.296. The summed E-state index contributed by atoms with van der Waals surface area (Å²) in [6.45, 7) is 1.41. The second kappa shape index (κ2) is 17.6. The third-order valence-electron chi connectivity index (χ3n) is 5.92. The number of unbranched alkanes of at least 4 members (excludes halogenated alkanes) is 10. The van der Waals surface area contributed by atoms with Crippen molar-refractivity contribution in [1.29, 1.82) is 0 Å². The molecule has 0 aromatic rings. The van der Waals surface area contributed by atoms with E-state index in [1.807, 2.05) is 0 Å². The van der Waals surface area contributed by atoms with Crippen molar-refractivity contribution in [2.75, 3.05) is 19.0 Å². The van der Waals surface area contributed by atoms with Crippen LogP contribution in [0.25, 0.3) is 0 Å². The zero-order chi connectivity index (χ0) is 26.3. The molecule has 12 heteroatoms. The molecule has 6 atom stereocenters. The Kier molecular flexibility index (Phi) is 16.1. The standard InChI is InChI=1S/C23H44O11S/c1-2-3-4-5-6-7-8-9-10-11-12-13-19(25)32-14-17(24)15-33-23-22(28)21(27)20(26)18(34-23)16-35(29,30)31/h17-18,20-24,26-28H,2-16H2,1H3,(H,29,30,31)/t17?,18?,20-,21?,22?,23+/m1/s1. The predicted octanol–water partition coefficient (Wildman–Crippen LogP) is 1.30. The minimum absolute atomic E-state index is 0.246. The summed E-state index contributed by atoms with van der Waals surface area (Å²) < 4.78 is 46.3. The van der Waals surface area contributed by atoms with Crippen LogP contribution in [-0.4, -0.2) is 95.1 Å². The van der Waals surface area contributed by atoms with Gasteiger partial charge in [0.05, 0.1) is 6.61 Å². The highest BCUT2D eigenvalue weighted by Crippen LogP contribution is 2.23. The van der Waals surface area contributed by atoms with E-state index in [-0.39, 0.29) is 13.0 Å². The van der Waals surface area contributed by atoms with Gasteiger partial charge in [-0.05, 0) is 6.42 Å². The van der Waals surface area contributed by atoms with Crippen LogP contribution in [0.4, 0.5) is 0 Å². The van der Waals surface area contributed by atoms with Crippen LogP contribution in [0.1, 0.15) is 84.0 Å². The quantitative estimate of drug-likeness (QED) is 0.0926. The highest BCUT2D eigenvalue weighted by atomic mass is 32.2. The SMILES string of the molecule is CCCCCCCCCCCCCC(=O)OCC(O)CO[C@H]1OC(CS(=O)(=O)O)[C@@H](O)C(O)C1O. The molecule has 1 heterocycles. The lowest BCUT2D eigenvalue weighted by Crippen LogP contribution is -2.60. The van der Waals surface area contributed by atoms with E-state index in [1.165, 1.54) is 44.9 Å². The Morgan fingerprint density at radius 1 is 0.857 bits per heavy atom. The van der Waals surface area contributed by atoms with Gasteiger partial charge >= 0.3 is 5.97 Å². The van der Waals surface area contributed by atoms with Gasteiger partial charge in [-0.2, -0.15) is 8.42 Å². The third kappa shape index (κ3) is 14.5. The van der Waals surface area contributed by atoms with E-state index in [1.54, 1.807) is 0 Å². The van der Waals surface area contributed by atoms with E-state index in [4.69, 9.17) is 18.8 Å². The Morgan fingerprint density at radius 2 is 1.40 bits per heavy atom. The summed E-state index contributed by atoms with van der Waals surface area (Å²) in [6, 6.07) is 0. The van der Waals surface area contributed by atoms with E-state index in [2.05, 4.69) is 6.92 Å². The minimum Gasteiger partial charge on any atom is -0.463 e. The number of aliphatic hydroxyl groups excluding tert-OH is 4. The zero-order valence-corrected chi connectivity index (χ0v) is 21.5. The Hall–Kier alpha value is -0.860. The molecule has 11 nitrogen and oxygen atoms in total. The molecule has 0 aliphatic carbocycles. The van der Waals surface area contributed by atoms with Crippen LogP contribution >= 0.6 is 0 Å². The van der Waals surface area contributed by atoms with Crippen LogP contribution in [0, 0.1) is 0 Å². The largest absolute Gasteiger partial charge is 0.463 e. The smallest absolute Gasteiger partial charge is 0.305 e. The van der Waals surface area contributed by atoms with Gasteiger partial charge in [-0.15, -0.1) is 0 Å². The van der Waals surface area contributed by atoms with Crippen molar-refractivity contribution in [2.24, 2.45) is 0 Å². The molecule has 0 bridgehead atoms. The van der Waals surface area contributed by atoms with Crippen molar-refractivity contribution in [3.8, 4) is 0 Å². The van der Waals surface area contributed by atoms with Gasteiger partial charge in [-0.1, -0.05) is 71.1 Å². The van der Waals surface area contributed by atoms with Crippen molar-refractivity contribution in [3.05, 3.63) is 0 Å². The minimum atomic E-state index is -4.53. The molecule has 0 aromatic carbocycles. The fourth-order valence-corrected chi connectivity index (χ4v) is 4.54.